The third-order valence-electron chi connectivity index (χ3n) is 13.2. The van der Waals surface area contributed by atoms with E-state index in [4.69, 9.17) is 20.2 Å². The third kappa shape index (κ3) is 6.70. The number of unbranched alkanes of at least 4 members (excludes halogenated alkanes) is 2. The molecule has 0 radical (unpaired) electrons. The van der Waals surface area contributed by atoms with E-state index in [-0.39, 0.29) is 30.2 Å². The molecule has 286 valence electrons. The van der Waals surface area contributed by atoms with Gasteiger partial charge in [-0.15, -0.1) is 0 Å². The van der Waals surface area contributed by atoms with Crippen LogP contribution in [0.3, 0.4) is 0 Å². The van der Waals surface area contributed by atoms with E-state index in [9.17, 15) is 15.0 Å². The molecule has 5 heterocycles. The first-order valence-corrected chi connectivity index (χ1v) is 20.6. The SMILES string of the molecule is CCCCC[C@@H](O)CC(=O)CCc1ccc2c(c1)O[C@H]1[C@H](C#C[C@H](O)c3ccc4c5c3[C@@H](CC[C@H]5CN[C@@H]4N)C3=CN=C4CN1C=C34)C1(C#CO2)CCCC1. The maximum Gasteiger partial charge on any atom is 0.187 e. The fraction of sp³-hybridized carbons (Fsp3) is 0.522. The number of nitrogens with zero attached hydrogens (tertiary/aromatic N) is 2. The minimum Gasteiger partial charge on any atom is -0.465 e. The maximum atomic E-state index is 12.9. The minimum atomic E-state index is -1.01. The molecule has 1 fully saturated rings. The van der Waals surface area contributed by atoms with Crippen molar-refractivity contribution >= 4 is 11.5 Å². The summed E-state index contributed by atoms with van der Waals surface area (Å²) < 4.78 is 13.3. The number of hydrogen-bond acceptors (Lipinski definition) is 9. The Bertz CT molecular complexity index is 2090. The first-order chi connectivity index (χ1) is 26.8. The van der Waals surface area contributed by atoms with Gasteiger partial charge in [-0.1, -0.05) is 75.0 Å². The second-order valence-corrected chi connectivity index (χ2v) is 16.7. The number of ketones is 1. The normalized spacial score (nSPS) is 28.2. The maximum absolute atomic E-state index is 12.9. The van der Waals surface area contributed by atoms with Gasteiger partial charge in [-0.25, -0.2) is 0 Å². The Labute approximate surface area is 324 Å². The molecule has 0 saturated heterocycles. The van der Waals surface area contributed by atoms with Crippen LogP contribution in [0.2, 0.25) is 0 Å². The molecule has 55 heavy (non-hydrogen) atoms. The number of ether oxygens (including phenoxy) is 2. The van der Waals surface area contributed by atoms with Crippen molar-refractivity contribution in [1.29, 1.82) is 0 Å². The summed E-state index contributed by atoms with van der Waals surface area (Å²) in [5.41, 5.74) is 14.8. The molecule has 1 saturated carbocycles. The Morgan fingerprint density at radius 2 is 1.96 bits per heavy atom. The number of benzene rings is 2. The Morgan fingerprint density at radius 3 is 2.82 bits per heavy atom. The monoisotopic (exact) mass is 740 g/mol. The largest absolute Gasteiger partial charge is 0.465 e. The predicted molar refractivity (Wildman–Crippen MR) is 211 cm³/mol. The van der Waals surface area contributed by atoms with Crippen molar-refractivity contribution in [2.45, 2.75) is 127 Å². The predicted octanol–water partition coefficient (Wildman–Crippen LogP) is 6.56. The quantitative estimate of drug-likeness (QED) is 0.168. The molecule has 5 N–H and O–H groups in total. The van der Waals surface area contributed by atoms with E-state index in [1.54, 1.807) is 0 Å². The molecule has 7 aliphatic rings. The van der Waals surface area contributed by atoms with Crippen LogP contribution in [-0.2, 0) is 11.2 Å². The van der Waals surface area contributed by atoms with Crippen LogP contribution in [0.5, 0.6) is 11.5 Å². The van der Waals surface area contributed by atoms with Gasteiger partial charge in [0.25, 0.3) is 0 Å². The Hall–Kier alpha value is -4.38. The fourth-order valence-electron chi connectivity index (χ4n) is 10.3. The van der Waals surface area contributed by atoms with Gasteiger partial charge >= 0.3 is 0 Å². The van der Waals surface area contributed by atoms with Gasteiger partial charge in [-0.3, -0.25) is 15.1 Å². The molecule has 0 aromatic heterocycles. The molecule has 2 aromatic carbocycles. The molecule has 0 unspecified atom stereocenters. The molecule has 9 rings (SSSR count). The van der Waals surface area contributed by atoms with E-state index in [0.717, 1.165) is 92.3 Å². The summed E-state index contributed by atoms with van der Waals surface area (Å²) in [7, 11) is 0. The van der Waals surface area contributed by atoms with Gasteiger partial charge in [0.2, 0.25) is 0 Å². The molecule has 2 aliphatic carbocycles. The van der Waals surface area contributed by atoms with Crippen LogP contribution >= 0.6 is 0 Å². The number of Topliss-reactive ketones (excluding diaryl/α,β-unsaturated/α-hetero) is 1. The van der Waals surface area contributed by atoms with E-state index in [0.29, 0.717) is 43.2 Å². The smallest absolute Gasteiger partial charge is 0.187 e. The molecule has 2 aromatic rings. The zero-order chi connectivity index (χ0) is 37.7. The third-order valence-corrected chi connectivity index (χ3v) is 13.2. The number of allylic oxidation sites excluding steroid dienone is 1. The summed E-state index contributed by atoms with van der Waals surface area (Å²) in [4.78, 5) is 20.2. The van der Waals surface area contributed by atoms with Crippen LogP contribution < -0.4 is 20.5 Å². The van der Waals surface area contributed by atoms with Crippen molar-refractivity contribution in [3.05, 3.63) is 81.7 Å². The average Bonchev–Trinajstić information content (AvgIpc) is 3.93. The van der Waals surface area contributed by atoms with E-state index in [2.05, 4.69) is 53.3 Å². The summed E-state index contributed by atoms with van der Waals surface area (Å²) in [5.74, 6) is 11.7. The number of carbonyl (C=O) groups excluding carboxylic acids is 1. The summed E-state index contributed by atoms with van der Waals surface area (Å²) in [6, 6.07) is 9.94. The first kappa shape index (κ1) is 36.3. The molecular formula is C46H52N4O5. The van der Waals surface area contributed by atoms with Gasteiger partial charge in [0.15, 0.2) is 17.7 Å². The number of hydrogen-bond donors (Lipinski definition) is 4. The standard InChI is InChI=1S/C46H52N4O5/c1-2-3-4-7-30(51)23-31(52)11-8-28-9-17-40-41(22-28)55-45-37(46(20-21-54-40)18-5-6-19-46)15-16-39(53)33-13-14-34-42-29(24-49-44(34)47)10-12-32(43(33)42)35-25-48-38-27-50(45)26-36(35)38/h9,13-14,17,22,25-26,29-30,32,37,39,44-45,49,51,53H,2-8,10-12,18-19,23-24,27,47H2,1H3/t29-,30+,32-,37-,39-,44-,45-/m0/s1. The van der Waals surface area contributed by atoms with Crippen LogP contribution in [0.4, 0.5) is 0 Å². The van der Waals surface area contributed by atoms with Gasteiger partial charge < -0.3 is 30.3 Å². The molecule has 7 atom stereocenters. The van der Waals surface area contributed by atoms with E-state index in [1.807, 2.05) is 30.5 Å². The molecule has 1 spiro atoms. The summed E-state index contributed by atoms with van der Waals surface area (Å²) >= 11 is 0. The Morgan fingerprint density at radius 1 is 1.11 bits per heavy atom. The lowest BCUT2D eigenvalue weighted by Crippen LogP contribution is -2.47. The van der Waals surface area contributed by atoms with Crippen molar-refractivity contribution in [1.82, 2.24) is 10.2 Å². The Kier molecular flexibility index (Phi) is 9.85. The number of carbonyl (C=O) groups is 1. The zero-order valence-electron chi connectivity index (χ0n) is 31.8. The van der Waals surface area contributed by atoms with Crippen LogP contribution in [0, 0.1) is 35.2 Å². The number of fused-ring (bicyclic) bond motifs is 6. The highest BCUT2D eigenvalue weighted by atomic mass is 16.5. The highest BCUT2D eigenvalue weighted by Gasteiger charge is 2.49. The second-order valence-electron chi connectivity index (χ2n) is 16.7. The van der Waals surface area contributed by atoms with Crippen molar-refractivity contribution in [3.8, 4) is 35.4 Å². The van der Waals surface area contributed by atoms with Gasteiger partial charge in [-0.2, -0.15) is 0 Å². The lowest BCUT2D eigenvalue weighted by Gasteiger charge is -2.41. The van der Waals surface area contributed by atoms with Crippen molar-refractivity contribution in [2.75, 3.05) is 13.1 Å². The molecule has 2 bridgehead atoms. The number of nitrogens with one attached hydrogen (secondary N) is 1. The van der Waals surface area contributed by atoms with E-state index < -0.39 is 23.9 Å². The van der Waals surface area contributed by atoms with Gasteiger partial charge in [-0.05, 0) is 90.0 Å². The lowest BCUT2D eigenvalue weighted by molar-refractivity contribution is -0.121. The summed E-state index contributed by atoms with van der Waals surface area (Å²) in [6.07, 6.45) is 15.5. The number of rotatable bonds is 9. The molecular weight excluding hydrogens is 689 g/mol. The van der Waals surface area contributed by atoms with Crippen molar-refractivity contribution in [2.24, 2.45) is 22.1 Å². The van der Waals surface area contributed by atoms with Crippen LogP contribution in [0.1, 0.15) is 136 Å². The second kappa shape index (κ2) is 14.9. The van der Waals surface area contributed by atoms with Crippen molar-refractivity contribution in [3.63, 3.8) is 0 Å². The topological polar surface area (TPSA) is 130 Å². The zero-order valence-corrected chi connectivity index (χ0v) is 31.8. The molecule has 5 aliphatic heterocycles. The number of nitrogens with two attached hydrogens (primary N) is 1. The van der Waals surface area contributed by atoms with Crippen LogP contribution in [-0.4, -0.2) is 52.0 Å². The molecule has 0 amide bonds. The van der Waals surface area contributed by atoms with Gasteiger partial charge in [0, 0.05) is 43.3 Å². The highest BCUT2D eigenvalue weighted by Crippen LogP contribution is 2.53. The van der Waals surface area contributed by atoms with E-state index >= 15 is 0 Å². The van der Waals surface area contributed by atoms with Crippen LogP contribution in [0.15, 0.2) is 58.9 Å². The lowest BCUT2D eigenvalue weighted by atomic mass is 9.67. The summed E-state index contributed by atoms with van der Waals surface area (Å²) in [5, 5.41) is 26.0. The fourth-order valence-corrected chi connectivity index (χ4v) is 10.3. The Balaban J connectivity index is 1.09. The van der Waals surface area contributed by atoms with Crippen LogP contribution in [0.25, 0.3) is 0 Å². The number of aliphatic hydroxyl groups excluding tert-OH is 2. The molecule has 9 nitrogen and oxygen atoms in total. The highest BCUT2D eigenvalue weighted by molar-refractivity contribution is 6.09. The first-order valence-electron chi connectivity index (χ1n) is 20.6. The summed E-state index contributed by atoms with van der Waals surface area (Å²) in [6.45, 7) is 3.52. The van der Waals surface area contributed by atoms with Gasteiger partial charge in [0.05, 0.1) is 35.9 Å². The van der Waals surface area contributed by atoms with Crippen molar-refractivity contribution < 1.29 is 24.5 Å². The van der Waals surface area contributed by atoms with E-state index in [1.165, 1.54) is 16.7 Å². The number of aryl methyl sites for hydroxylation is 1. The van der Waals surface area contributed by atoms with Gasteiger partial charge in [0.1, 0.15) is 18.0 Å². The molecule has 9 heteroatoms. The average molecular weight is 741 g/mol. The number of aliphatic hydroxyl groups is 2. The number of aliphatic imine (C=N–C) groups is 1. The minimum absolute atomic E-state index is 0.0573.